The van der Waals surface area contributed by atoms with Gasteiger partial charge in [-0.3, -0.25) is 14.5 Å². The van der Waals surface area contributed by atoms with Crippen LogP contribution in [0.25, 0.3) is 0 Å². The van der Waals surface area contributed by atoms with Gasteiger partial charge in [0.1, 0.15) is 0 Å². The molecule has 2 amide bonds. The first-order valence-corrected chi connectivity index (χ1v) is 7.44. The first-order chi connectivity index (χ1) is 10.1. The van der Waals surface area contributed by atoms with Crippen molar-refractivity contribution >= 4 is 29.1 Å². The van der Waals surface area contributed by atoms with Crippen LogP contribution in [0.5, 0.6) is 0 Å². The Morgan fingerprint density at radius 2 is 2.05 bits per heavy atom. The molecule has 110 valence electrons. The minimum atomic E-state index is -0.283. The highest BCUT2D eigenvalue weighted by atomic mass is 35.5. The van der Waals surface area contributed by atoms with E-state index < -0.39 is 0 Å². The monoisotopic (exact) mass is 304 g/mol. The second kappa shape index (κ2) is 5.53. The number of carbonyl (C=O) groups is 2. The second-order valence-corrected chi connectivity index (χ2v) is 6.10. The van der Waals surface area contributed by atoms with Crippen LogP contribution in [0, 0.1) is 18.8 Å². The molecule has 0 radical (unpaired) electrons. The van der Waals surface area contributed by atoms with E-state index in [4.69, 9.17) is 11.6 Å². The number of anilines is 1. The van der Waals surface area contributed by atoms with Crippen LogP contribution in [0.15, 0.2) is 35.4 Å². The summed E-state index contributed by atoms with van der Waals surface area (Å²) in [6, 6.07) is 7.84. The molecular weight excluding hydrogens is 288 g/mol. The number of nitrogens with one attached hydrogen (secondary N) is 1. The SMILES string of the molecule is Cc1cccc(NCN2C(=O)[C@H]3CC(Cl)=CC[C@H]3C2=O)c1. The van der Waals surface area contributed by atoms with Crippen LogP contribution in [-0.2, 0) is 9.59 Å². The van der Waals surface area contributed by atoms with Crippen molar-refractivity contribution < 1.29 is 9.59 Å². The van der Waals surface area contributed by atoms with E-state index in [9.17, 15) is 9.59 Å². The Morgan fingerprint density at radius 1 is 1.29 bits per heavy atom. The molecule has 1 saturated heterocycles. The molecule has 21 heavy (non-hydrogen) atoms. The Balaban J connectivity index is 1.70. The Labute approximate surface area is 128 Å². The van der Waals surface area contributed by atoms with Gasteiger partial charge in [-0.15, -0.1) is 0 Å². The van der Waals surface area contributed by atoms with E-state index >= 15 is 0 Å². The quantitative estimate of drug-likeness (QED) is 0.874. The first-order valence-electron chi connectivity index (χ1n) is 7.06. The third kappa shape index (κ3) is 2.68. The lowest BCUT2D eigenvalue weighted by atomic mass is 9.85. The van der Waals surface area contributed by atoms with Crippen LogP contribution in [0.4, 0.5) is 5.69 Å². The van der Waals surface area contributed by atoms with Crippen LogP contribution in [0.1, 0.15) is 18.4 Å². The lowest BCUT2D eigenvalue weighted by Crippen LogP contribution is -2.35. The Hall–Kier alpha value is -1.81. The van der Waals surface area contributed by atoms with Gasteiger partial charge in [-0.2, -0.15) is 0 Å². The molecule has 3 rings (SSSR count). The van der Waals surface area contributed by atoms with Gasteiger partial charge in [-0.25, -0.2) is 0 Å². The average Bonchev–Trinajstić information content (AvgIpc) is 2.69. The fourth-order valence-electron chi connectivity index (χ4n) is 2.98. The topological polar surface area (TPSA) is 49.4 Å². The number of allylic oxidation sites excluding steroid dienone is 2. The smallest absolute Gasteiger partial charge is 0.234 e. The third-order valence-electron chi connectivity index (χ3n) is 4.12. The molecule has 4 nitrogen and oxygen atoms in total. The minimum absolute atomic E-state index is 0.0921. The van der Waals surface area contributed by atoms with Crippen LogP contribution in [0.3, 0.4) is 0 Å². The van der Waals surface area contributed by atoms with E-state index in [1.807, 2.05) is 37.3 Å². The van der Waals surface area contributed by atoms with E-state index in [0.29, 0.717) is 17.9 Å². The normalized spacial score (nSPS) is 24.9. The number of halogens is 1. The summed E-state index contributed by atoms with van der Waals surface area (Å²) >= 11 is 6.00. The molecule has 0 bridgehead atoms. The zero-order valence-electron chi connectivity index (χ0n) is 11.8. The van der Waals surface area contributed by atoms with Gasteiger partial charge in [0.05, 0.1) is 18.5 Å². The van der Waals surface area contributed by atoms with Crippen molar-refractivity contribution in [3.8, 4) is 0 Å². The highest BCUT2D eigenvalue weighted by molar-refractivity contribution is 6.30. The molecule has 2 atom stereocenters. The molecule has 5 heteroatoms. The van der Waals surface area contributed by atoms with Gasteiger partial charge >= 0.3 is 0 Å². The van der Waals surface area contributed by atoms with Gasteiger partial charge in [0.15, 0.2) is 0 Å². The lowest BCUT2D eigenvalue weighted by molar-refractivity contribution is -0.139. The van der Waals surface area contributed by atoms with Crippen molar-refractivity contribution in [1.82, 2.24) is 4.90 Å². The highest BCUT2D eigenvalue weighted by Crippen LogP contribution is 2.38. The molecule has 1 aromatic carbocycles. The maximum absolute atomic E-state index is 12.4. The van der Waals surface area contributed by atoms with Gasteiger partial charge in [-0.1, -0.05) is 29.8 Å². The number of hydrogen-bond acceptors (Lipinski definition) is 3. The van der Waals surface area contributed by atoms with Crippen LogP contribution < -0.4 is 5.32 Å². The van der Waals surface area contributed by atoms with Crippen LogP contribution >= 0.6 is 11.6 Å². The number of nitrogens with zero attached hydrogens (tertiary/aromatic N) is 1. The standard InChI is InChI=1S/C16H17ClN2O2/c1-10-3-2-4-12(7-10)18-9-19-15(20)13-6-5-11(17)8-14(13)16(19)21/h2-5,7,13-14,18H,6,8-9H2,1H3/t13-,14+/m1/s1. The van der Waals surface area contributed by atoms with E-state index in [0.717, 1.165) is 11.3 Å². The van der Waals surface area contributed by atoms with Crippen molar-refractivity contribution in [2.75, 3.05) is 12.0 Å². The molecule has 2 aliphatic rings. The maximum Gasteiger partial charge on any atom is 0.234 e. The molecule has 1 heterocycles. The summed E-state index contributed by atoms with van der Waals surface area (Å²) in [5.74, 6) is -0.726. The summed E-state index contributed by atoms with van der Waals surface area (Å²) in [6.45, 7) is 2.21. The summed E-state index contributed by atoms with van der Waals surface area (Å²) < 4.78 is 0. The lowest BCUT2D eigenvalue weighted by Gasteiger charge is -2.17. The van der Waals surface area contributed by atoms with E-state index in [2.05, 4.69) is 5.32 Å². The Bertz CT molecular complexity index is 626. The first kappa shape index (κ1) is 14.1. The molecule has 0 unspecified atom stereocenters. The zero-order chi connectivity index (χ0) is 15.0. The number of fused-ring (bicyclic) bond motifs is 1. The number of benzene rings is 1. The highest BCUT2D eigenvalue weighted by Gasteiger charge is 2.48. The van der Waals surface area contributed by atoms with Crippen molar-refractivity contribution in [2.24, 2.45) is 11.8 Å². The predicted octanol–water partition coefficient (Wildman–Crippen LogP) is 2.88. The molecule has 0 spiro atoms. The number of carbonyl (C=O) groups excluding carboxylic acids is 2. The zero-order valence-corrected chi connectivity index (χ0v) is 12.6. The molecular formula is C16H17ClN2O2. The van der Waals surface area contributed by atoms with Crippen molar-refractivity contribution in [1.29, 1.82) is 0 Å². The molecule has 1 aliphatic carbocycles. The molecule has 1 N–H and O–H groups in total. The summed E-state index contributed by atoms with van der Waals surface area (Å²) in [5, 5.41) is 3.83. The number of rotatable bonds is 3. The molecule has 0 saturated carbocycles. The molecule has 1 fully saturated rings. The summed E-state index contributed by atoms with van der Waals surface area (Å²) in [5.41, 5.74) is 2.03. The van der Waals surface area contributed by atoms with Gasteiger partial charge in [0.25, 0.3) is 0 Å². The van der Waals surface area contributed by atoms with Crippen molar-refractivity contribution in [2.45, 2.75) is 19.8 Å². The largest absolute Gasteiger partial charge is 0.367 e. The fourth-order valence-corrected chi connectivity index (χ4v) is 3.23. The Kier molecular flexibility index (Phi) is 3.72. The van der Waals surface area contributed by atoms with Gasteiger partial charge in [0.2, 0.25) is 11.8 Å². The maximum atomic E-state index is 12.4. The number of hydrogen-bond donors (Lipinski definition) is 1. The average molecular weight is 305 g/mol. The predicted molar refractivity (Wildman–Crippen MR) is 81.7 cm³/mol. The van der Waals surface area contributed by atoms with Crippen LogP contribution in [-0.4, -0.2) is 23.4 Å². The number of aryl methyl sites for hydroxylation is 1. The van der Waals surface area contributed by atoms with E-state index in [-0.39, 0.29) is 30.3 Å². The number of imide groups is 1. The molecule has 1 aromatic rings. The summed E-state index contributed by atoms with van der Waals surface area (Å²) in [4.78, 5) is 26.0. The van der Waals surface area contributed by atoms with Crippen molar-refractivity contribution in [3.63, 3.8) is 0 Å². The molecule has 0 aromatic heterocycles. The van der Waals surface area contributed by atoms with Gasteiger partial charge in [0, 0.05) is 10.7 Å². The van der Waals surface area contributed by atoms with Gasteiger partial charge in [-0.05, 0) is 37.5 Å². The number of amides is 2. The summed E-state index contributed by atoms with van der Waals surface area (Å²) in [6.07, 6.45) is 2.90. The van der Waals surface area contributed by atoms with Crippen molar-refractivity contribution in [3.05, 3.63) is 40.9 Å². The van der Waals surface area contributed by atoms with Crippen LogP contribution in [0.2, 0.25) is 0 Å². The van der Waals surface area contributed by atoms with E-state index in [1.54, 1.807) is 0 Å². The molecule has 1 aliphatic heterocycles. The Morgan fingerprint density at radius 3 is 2.81 bits per heavy atom. The third-order valence-corrected chi connectivity index (χ3v) is 4.43. The minimum Gasteiger partial charge on any atom is -0.367 e. The fraction of sp³-hybridized carbons (Fsp3) is 0.375. The van der Waals surface area contributed by atoms with Gasteiger partial charge < -0.3 is 5.32 Å². The van der Waals surface area contributed by atoms with E-state index in [1.165, 1.54) is 4.90 Å². The second-order valence-electron chi connectivity index (χ2n) is 5.61. The number of likely N-dealkylation sites (tertiary alicyclic amines) is 1. The summed E-state index contributed by atoms with van der Waals surface area (Å²) in [7, 11) is 0.